The molecule has 0 amide bonds. The summed E-state index contributed by atoms with van der Waals surface area (Å²) in [6, 6.07) is 17.7. The Morgan fingerprint density at radius 1 is 0.870 bits per heavy atom. The van der Waals surface area contributed by atoms with Crippen LogP contribution < -0.4 is 10.6 Å². The van der Waals surface area contributed by atoms with Crippen LogP contribution in [0.5, 0.6) is 0 Å². The lowest BCUT2D eigenvalue weighted by molar-refractivity contribution is 0.669. The summed E-state index contributed by atoms with van der Waals surface area (Å²) in [5.41, 5.74) is 3.50. The van der Waals surface area contributed by atoms with Gasteiger partial charge in [0.1, 0.15) is 11.2 Å². The summed E-state index contributed by atoms with van der Waals surface area (Å²) >= 11 is 5.34. The van der Waals surface area contributed by atoms with Crippen LogP contribution in [0.25, 0.3) is 21.9 Å². The van der Waals surface area contributed by atoms with Gasteiger partial charge in [-0.15, -0.1) is 0 Å². The van der Waals surface area contributed by atoms with E-state index in [4.69, 9.17) is 16.6 Å². The van der Waals surface area contributed by atoms with Crippen LogP contribution in [0.2, 0.25) is 0 Å². The number of hydrogen-bond acceptors (Lipinski definition) is 3. The number of nitrogens with one attached hydrogen (secondary N) is 2. The topological polar surface area (TPSA) is 50.1 Å². The third-order valence-electron chi connectivity index (χ3n) is 3.55. The molecule has 4 rings (SSSR count). The number of anilines is 2. The molecular weight excluding hydrogens is 306 g/mol. The average molecular weight is 319 g/mol. The molecule has 4 aromatic rings. The Hall–Kier alpha value is -2.92. The molecule has 0 fully saturated rings. The average Bonchev–Trinajstić information content (AvgIpc) is 2.94. The van der Waals surface area contributed by atoms with Crippen molar-refractivity contribution in [3.05, 3.63) is 67.0 Å². The van der Waals surface area contributed by atoms with Crippen molar-refractivity contribution in [2.75, 3.05) is 10.6 Å². The van der Waals surface area contributed by atoms with Crippen molar-refractivity contribution in [1.82, 2.24) is 4.98 Å². The minimum atomic E-state index is 0.519. The van der Waals surface area contributed by atoms with Crippen LogP contribution in [-0.2, 0) is 0 Å². The zero-order valence-corrected chi connectivity index (χ0v) is 12.9. The van der Waals surface area contributed by atoms with Gasteiger partial charge in [0.2, 0.25) is 0 Å². The predicted molar refractivity (Wildman–Crippen MR) is 97.8 cm³/mol. The maximum atomic E-state index is 5.82. The Morgan fingerprint density at radius 2 is 1.70 bits per heavy atom. The molecule has 23 heavy (non-hydrogen) atoms. The lowest BCUT2D eigenvalue weighted by Crippen LogP contribution is -2.18. The van der Waals surface area contributed by atoms with Crippen LogP contribution in [0.4, 0.5) is 11.4 Å². The van der Waals surface area contributed by atoms with Crippen LogP contribution in [0.15, 0.2) is 71.4 Å². The highest BCUT2D eigenvalue weighted by Gasteiger charge is 2.07. The Labute approximate surface area is 138 Å². The van der Waals surface area contributed by atoms with E-state index in [1.165, 1.54) is 0 Å². The Bertz CT molecular complexity index is 995. The molecule has 0 spiro atoms. The number of thiocarbonyl (C=S) groups is 1. The summed E-state index contributed by atoms with van der Waals surface area (Å²) in [5.74, 6) is 0. The molecule has 0 radical (unpaired) electrons. The third kappa shape index (κ3) is 2.74. The number of nitrogens with zero attached hydrogens (tertiary/aromatic N) is 1. The molecule has 0 aliphatic rings. The number of hydrogen-bond donors (Lipinski definition) is 2. The standard InChI is InChI=1S/C18H13N3OS/c23-18(21-13-4-3-9-19-11-13)20-12-7-8-17-15(10-12)14-5-1-2-6-16(14)22-17/h1-11H,(H2,20,21,23). The van der Waals surface area contributed by atoms with Crippen molar-refractivity contribution in [2.24, 2.45) is 0 Å². The first-order valence-electron chi connectivity index (χ1n) is 7.19. The zero-order chi connectivity index (χ0) is 15.6. The summed E-state index contributed by atoms with van der Waals surface area (Å²) < 4.78 is 5.82. The van der Waals surface area contributed by atoms with E-state index < -0.39 is 0 Å². The fourth-order valence-electron chi connectivity index (χ4n) is 2.53. The van der Waals surface area contributed by atoms with Crippen LogP contribution in [0.3, 0.4) is 0 Å². The van der Waals surface area contributed by atoms with E-state index in [-0.39, 0.29) is 0 Å². The SMILES string of the molecule is S=C(Nc1cccnc1)Nc1ccc2oc3ccccc3c2c1. The van der Waals surface area contributed by atoms with Crippen molar-refractivity contribution in [3.8, 4) is 0 Å². The molecule has 0 aliphatic carbocycles. The second-order valence-electron chi connectivity index (χ2n) is 5.13. The summed E-state index contributed by atoms with van der Waals surface area (Å²) in [7, 11) is 0. The molecule has 0 atom stereocenters. The molecule has 112 valence electrons. The molecule has 2 heterocycles. The zero-order valence-electron chi connectivity index (χ0n) is 12.1. The van der Waals surface area contributed by atoms with Gasteiger partial charge in [0.15, 0.2) is 5.11 Å². The molecule has 0 aliphatic heterocycles. The number of furan rings is 1. The van der Waals surface area contributed by atoms with Gasteiger partial charge < -0.3 is 15.1 Å². The summed E-state index contributed by atoms with van der Waals surface area (Å²) in [5, 5.41) is 8.97. The maximum Gasteiger partial charge on any atom is 0.175 e. The van der Waals surface area contributed by atoms with Crippen molar-refractivity contribution < 1.29 is 4.42 Å². The van der Waals surface area contributed by atoms with Gasteiger partial charge in [0, 0.05) is 22.7 Å². The molecule has 0 saturated carbocycles. The highest BCUT2D eigenvalue weighted by atomic mass is 32.1. The van der Waals surface area contributed by atoms with E-state index in [1.54, 1.807) is 12.4 Å². The number of aromatic nitrogens is 1. The monoisotopic (exact) mass is 319 g/mol. The van der Waals surface area contributed by atoms with Crippen LogP contribution in [0.1, 0.15) is 0 Å². The van der Waals surface area contributed by atoms with Crippen LogP contribution >= 0.6 is 12.2 Å². The summed E-state index contributed by atoms with van der Waals surface area (Å²) in [4.78, 5) is 4.05. The van der Waals surface area contributed by atoms with Gasteiger partial charge in [0.25, 0.3) is 0 Å². The van der Waals surface area contributed by atoms with E-state index in [0.717, 1.165) is 33.3 Å². The second-order valence-corrected chi connectivity index (χ2v) is 5.54. The molecule has 2 aromatic heterocycles. The van der Waals surface area contributed by atoms with Crippen molar-refractivity contribution >= 4 is 50.6 Å². The molecule has 2 N–H and O–H groups in total. The van der Waals surface area contributed by atoms with E-state index in [9.17, 15) is 0 Å². The Balaban J connectivity index is 1.61. The van der Waals surface area contributed by atoms with Gasteiger partial charge in [0.05, 0.1) is 11.9 Å². The Morgan fingerprint density at radius 3 is 2.57 bits per heavy atom. The summed E-state index contributed by atoms with van der Waals surface area (Å²) in [6.07, 6.45) is 3.44. The smallest absolute Gasteiger partial charge is 0.175 e. The predicted octanol–water partition coefficient (Wildman–Crippen LogP) is 4.79. The first-order valence-corrected chi connectivity index (χ1v) is 7.60. The highest BCUT2D eigenvalue weighted by Crippen LogP contribution is 2.30. The van der Waals surface area contributed by atoms with Gasteiger partial charge in [-0.05, 0) is 48.6 Å². The highest BCUT2D eigenvalue weighted by molar-refractivity contribution is 7.80. The number of benzene rings is 2. The van der Waals surface area contributed by atoms with E-state index in [1.807, 2.05) is 48.5 Å². The molecule has 0 unspecified atom stereocenters. The fourth-order valence-corrected chi connectivity index (χ4v) is 2.77. The number of rotatable bonds is 2. The Kier molecular flexibility index (Phi) is 3.40. The largest absolute Gasteiger partial charge is 0.456 e. The van der Waals surface area contributed by atoms with Gasteiger partial charge in [-0.2, -0.15) is 0 Å². The van der Waals surface area contributed by atoms with Crippen molar-refractivity contribution in [1.29, 1.82) is 0 Å². The second kappa shape index (κ2) is 5.70. The first kappa shape index (κ1) is 13.7. The molecular formula is C18H13N3OS. The molecule has 5 heteroatoms. The fraction of sp³-hybridized carbons (Fsp3) is 0. The number of fused-ring (bicyclic) bond motifs is 3. The molecule has 0 bridgehead atoms. The minimum Gasteiger partial charge on any atom is -0.456 e. The number of para-hydroxylation sites is 1. The van der Waals surface area contributed by atoms with E-state index >= 15 is 0 Å². The van der Waals surface area contributed by atoms with Crippen LogP contribution in [0, 0.1) is 0 Å². The molecule has 0 saturated heterocycles. The summed E-state index contributed by atoms with van der Waals surface area (Å²) in [6.45, 7) is 0. The van der Waals surface area contributed by atoms with Crippen LogP contribution in [-0.4, -0.2) is 10.1 Å². The van der Waals surface area contributed by atoms with Gasteiger partial charge in [-0.3, -0.25) is 4.98 Å². The lowest BCUT2D eigenvalue weighted by Gasteiger charge is -2.10. The van der Waals surface area contributed by atoms with Gasteiger partial charge in [-0.25, -0.2) is 0 Å². The van der Waals surface area contributed by atoms with Gasteiger partial charge in [-0.1, -0.05) is 18.2 Å². The normalized spacial score (nSPS) is 10.8. The first-order chi connectivity index (χ1) is 11.3. The number of pyridine rings is 1. The van der Waals surface area contributed by atoms with E-state index in [0.29, 0.717) is 5.11 Å². The maximum absolute atomic E-state index is 5.82. The van der Waals surface area contributed by atoms with Gasteiger partial charge >= 0.3 is 0 Å². The quantitative estimate of drug-likeness (QED) is 0.520. The van der Waals surface area contributed by atoms with E-state index in [2.05, 4.69) is 21.7 Å². The van der Waals surface area contributed by atoms with Crippen molar-refractivity contribution in [2.45, 2.75) is 0 Å². The molecule has 2 aromatic carbocycles. The minimum absolute atomic E-state index is 0.519. The third-order valence-corrected chi connectivity index (χ3v) is 3.76. The lowest BCUT2D eigenvalue weighted by atomic mass is 10.1. The van der Waals surface area contributed by atoms with Crippen molar-refractivity contribution in [3.63, 3.8) is 0 Å². The molecule has 4 nitrogen and oxygen atoms in total.